The highest BCUT2D eigenvalue weighted by atomic mass is 16.1. The van der Waals surface area contributed by atoms with Crippen molar-refractivity contribution in [2.24, 2.45) is 21.7 Å². The molecular formula is C13H22O. The second-order valence-electron chi connectivity index (χ2n) is 7.14. The third-order valence-electron chi connectivity index (χ3n) is 4.88. The van der Waals surface area contributed by atoms with Crippen LogP contribution in [0.1, 0.15) is 54.4 Å². The average Bonchev–Trinajstić information content (AvgIpc) is 2.14. The van der Waals surface area contributed by atoms with Crippen molar-refractivity contribution in [3.8, 4) is 0 Å². The number of carbonyl (C=O) groups excluding carboxylic acids is 1. The van der Waals surface area contributed by atoms with Gasteiger partial charge in [-0.25, -0.2) is 0 Å². The van der Waals surface area contributed by atoms with Gasteiger partial charge in [0.25, 0.3) is 0 Å². The minimum absolute atomic E-state index is 0.0260. The molecule has 0 unspecified atom stereocenters. The smallest absolute Gasteiger partial charge is 0.148 e. The van der Waals surface area contributed by atoms with Crippen LogP contribution in [0.25, 0.3) is 0 Å². The van der Waals surface area contributed by atoms with Gasteiger partial charge in [-0.3, -0.25) is 4.79 Å². The number of fused-ring (bicyclic) bond motifs is 1. The van der Waals surface area contributed by atoms with Gasteiger partial charge in [0, 0.05) is 10.8 Å². The van der Waals surface area contributed by atoms with Gasteiger partial charge in [-0.2, -0.15) is 0 Å². The van der Waals surface area contributed by atoms with Crippen LogP contribution in [0.15, 0.2) is 0 Å². The van der Waals surface area contributed by atoms with E-state index in [2.05, 4.69) is 41.5 Å². The van der Waals surface area contributed by atoms with Crippen molar-refractivity contribution < 1.29 is 4.79 Å². The van der Waals surface area contributed by atoms with Crippen LogP contribution in [0.5, 0.6) is 0 Å². The molecule has 0 saturated heterocycles. The molecule has 0 spiro atoms. The van der Waals surface area contributed by atoms with E-state index in [0.29, 0.717) is 5.78 Å². The lowest BCUT2D eigenvalue weighted by Gasteiger charge is -2.47. The molecule has 0 radical (unpaired) electrons. The summed E-state index contributed by atoms with van der Waals surface area (Å²) in [6.07, 6.45) is 2.24. The predicted molar refractivity (Wildman–Crippen MR) is 58.0 cm³/mol. The second kappa shape index (κ2) is 2.10. The van der Waals surface area contributed by atoms with Gasteiger partial charge in [0.1, 0.15) is 5.78 Å². The maximum absolute atomic E-state index is 12.2. The van der Waals surface area contributed by atoms with Crippen molar-refractivity contribution in [3.63, 3.8) is 0 Å². The molecule has 0 heterocycles. The lowest BCUT2D eigenvalue weighted by atomic mass is 9.54. The standard InChI is InChI=1S/C13H22O/c1-10(2,3)12-7-8-13(12,9(12)14)11(4,5)6/h7-8H2,1-6H3/t12-,13+. The molecular weight excluding hydrogens is 172 g/mol. The van der Waals surface area contributed by atoms with Crippen molar-refractivity contribution >= 4 is 5.78 Å². The molecule has 1 heteroatoms. The Kier molecular flexibility index (Phi) is 1.53. The fraction of sp³-hybridized carbons (Fsp3) is 0.923. The van der Waals surface area contributed by atoms with Gasteiger partial charge in [-0.15, -0.1) is 0 Å². The number of carbonyl (C=O) groups is 1. The number of hydrogen-bond acceptors (Lipinski definition) is 1. The van der Waals surface area contributed by atoms with Gasteiger partial charge >= 0.3 is 0 Å². The summed E-state index contributed by atoms with van der Waals surface area (Å²) in [5.74, 6) is 0.546. The zero-order valence-corrected chi connectivity index (χ0v) is 10.3. The van der Waals surface area contributed by atoms with E-state index < -0.39 is 0 Å². The lowest BCUT2D eigenvalue weighted by Crippen LogP contribution is -2.43. The Morgan fingerprint density at radius 3 is 1.21 bits per heavy atom. The fourth-order valence-corrected chi connectivity index (χ4v) is 4.05. The van der Waals surface area contributed by atoms with Crippen molar-refractivity contribution in [1.82, 2.24) is 0 Å². The largest absolute Gasteiger partial charge is 0.298 e. The second-order valence-corrected chi connectivity index (χ2v) is 7.14. The van der Waals surface area contributed by atoms with Gasteiger partial charge in [-0.1, -0.05) is 41.5 Å². The van der Waals surface area contributed by atoms with E-state index in [-0.39, 0.29) is 21.7 Å². The molecule has 0 aromatic heterocycles. The van der Waals surface area contributed by atoms with Gasteiger partial charge in [0.05, 0.1) is 0 Å². The molecule has 2 atom stereocenters. The van der Waals surface area contributed by atoms with Gasteiger partial charge in [0.2, 0.25) is 0 Å². The van der Waals surface area contributed by atoms with Crippen LogP contribution in [0.4, 0.5) is 0 Å². The summed E-state index contributed by atoms with van der Waals surface area (Å²) in [5.41, 5.74) is 0.349. The molecule has 0 amide bonds. The Morgan fingerprint density at radius 2 is 1.14 bits per heavy atom. The van der Waals surface area contributed by atoms with E-state index in [1.54, 1.807) is 0 Å². The molecule has 0 aromatic rings. The van der Waals surface area contributed by atoms with Crippen LogP contribution >= 0.6 is 0 Å². The first-order valence-corrected chi connectivity index (χ1v) is 5.66. The number of ketones is 1. The number of Topliss-reactive ketones (excluding diaryl/α,β-unsaturated/α-hetero) is 1. The quantitative estimate of drug-likeness (QED) is 0.577. The normalized spacial score (nSPS) is 41.7. The van der Waals surface area contributed by atoms with E-state index in [1.807, 2.05) is 0 Å². The first kappa shape index (κ1) is 10.2. The Morgan fingerprint density at radius 1 is 0.857 bits per heavy atom. The Balaban J connectivity index is 2.43. The molecule has 80 valence electrons. The van der Waals surface area contributed by atoms with E-state index >= 15 is 0 Å². The van der Waals surface area contributed by atoms with Crippen LogP contribution in [-0.4, -0.2) is 5.78 Å². The van der Waals surface area contributed by atoms with Crippen LogP contribution in [-0.2, 0) is 4.79 Å². The van der Waals surface area contributed by atoms with Crippen LogP contribution in [0, 0.1) is 21.7 Å². The molecule has 2 saturated carbocycles. The topological polar surface area (TPSA) is 17.1 Å². The number of rotatable bonds is 0. The molecule has 0 bridgehead atoms. The molecule has 2 aliphatic carbocycles. The summed E-state index contributed by atoms with van der Waals surface area (Å²) in [5, 5.41) is 0. The highest BCUT2D eigenvalue weighted by Gasteiger charge is 2.88. The van der Waals surface area contributed by atoms with Crippen molar-refractivity contribution in [2.75, 3.05) is 0 Å². The predicted octanol–water partition coefficient (Wildman–Crippen LogP) is 3.43. The highest BCUT2D eigenvalue weighted by Crippen LogP contribution is 2.85. The third-order valence-corrected chi connectivity index (χ3v) is 4.88. The first-order chi connectivity index (χ1) is 6.11. The monoisotopic (exact) mass is 194 g/mol. The summed E-state index contributed by atoms with van der Waals surface area (Å²) >= 11 is 0. The Labute approximate surface area is 87.3 Å². The molecule has 0 aliphatic heterocycles. The first-order valence-electron chi connectivity index (χ1n) is 5.66. The third kappa shape index (κ3) is 0.697. The van der Waals surface area contributed by atoms with E-state index in [0.717, 1.165) is 12.8 Å². The SMILES string of the molecule is CC(C)(C)[C@@]12CC[C@]1(C(C)(C)C)C2=O. The molecule has 1 nitrogen and oxygen atoms in total. The van der Waals surface area contributed by atoms with Crippen molar-refractivity contribution in [1.29, 1.82) is 0 Å². The molecule has 0 N–H and O–H groups in total. The molecule has 2 fully saturated rings. The minimum atomic E-state index is 0.0260. The fourth-order valence-electron chi connectivity index (χ4n) is 4.05. The van der Waals surface area contributed by atoms with Crippen LogP contribution in [0.3, 0.4) is 0 Å². The summed E-state index contributed by atoms with van der Waals surface area (Å²) in [7, 11) is 0. The number of hydrogen-bond donors (Lipinski definition) is 0. The van der Waals surface area contributed by atoms with E-state index in [9.17, 15) is 4.79 Å². The molecule has 14 heavy (non-hydrogen) atoms. The van der Waals surface area contributed by atoms with E-state index in [4.69, 9.17) is 0 Å². The molecule has 2 aliphatic rings. The zero-order chi connectivity index (χ0) is 11.0. The van der Waals surface area contributed by atoms with Crippen LogP contribution < -0.4 is 0 Å². The maximum Gasteiger partial charge on any atom is 0.148 e. The van der Waals surface area contributed by atoms with Crippen molar-refractivity contribution in [2.45, 2.75) is 54.4 Å². The Bertz CT molecular complexity index is 272. The minimum Gasteiger partial charge on any atom is -0.298 e. The van der Waals surface area contributed by atoms with Gasteiger partial charge in [-0.05, 0) is 23.7 Å². The molecule has 2 rings (SSSR count). The lowest BCUT2D eigenvalue weighted by molar-refractivity contribution is -0.115. The average molecular weight is 194 g/mol. The maximum atomic E-state index is 12.2. The van der Waals surface area contributed by atoms with Crippen molar-refractivity contribution in [3.05, 3.63) is 0 Å². The molecule has 0 aromatic carbocycles. The zero-order valence-electron chi connectivity index (χ0n) is 10.3. The summed E-state index contributed by atoms with van der Waals surface area (Å²) < 4.78 is 0. The van der Waals surface area contributed by atoms with E-state index in [1.165, 1.54) is 0 Å². The summed E-state index contributed by atoms with van der Waals surface area (Å²) in [6, 6.07) is 0. The van der Waals surface area contributed by atoms with Gasteiger partial charge in [0.15, 0.2) is 0 Å². The van der Waals surface area contributed by atoms with Gasteiger partial charge < -0.3 is 0 Å². The Hall–Kier alpha value is -0.330. The van der Waals surface area contributed by atoms with Crippen LogP contribution in [0.2, 0.25) is 0 Å². The summed E-state index contributed by atoms with van der Waals surface area (Å²) in [6.45, 7) is 13.3. The summed E-state index contributed by atoms with van der Waals surface area (Å²) in [4.78, 5) is 12.2. The highest BCUT2D eigenvalue weighted by molar-refractivity contribution is 6.12.